The highest BCUT2D eigenvalue weighted by molar-refractivity contribution is 5.08. The smallest absolute Gasteiger partial charge is 0.107 e. The van der Waals surface area contributed by atoms with Gasteiger partial charge in [-0.3, -0.25) is 16.2 Å². The predicted molar refractivity (Wildman–Crippen MR) is 126 cm³/mol. The van der Waals surface area contributed by atoms with Gasteiger partial charge in [-0.05, 0) is 107 Å². The second-order valence-corrected chi connectivity index (χ2v) is 12.2. The Balaban J connectivity index is 1.24. The molecule has 5 rings (SSSR count). The average molecular weight is 444 g/mol. The summed E-state index contributed by atoms with van der Waals surface area (Å²) >= 11 is 0. The summed E-state index contributed by atoms with van der Waals surface area (Å²) in [5.74, 6) is 4.51. The largest absolute Gasteiger partial charge is 0.367 e. The van der Waals surface area contributed by atoms with Gasteiger partial charge in [0.2, 0.25) is 0 Å². The van der Waals surface area contributed by atoms with E-state index in [1.165, 1.54) is 51.4 Å². The van der Waals surface area contributed by atoms with Crippen molar-refractivity contribution in [2.24, 2.45) is 40.9 Å². The molecule has 3 aliphatic heterocycles. The van der Waals surface area contributed by atoms with Crippen molar-refractivity contribution in [3.63, 3.8) is 0 Å². The first-order valence-electron chi connectivity index (χ1n) is 13.4. The van der Waals surface area contributed by atoms with Crippen LogP contribution >= 0.6 is 0 Å². The Morgan fingerprint density at radius 2 is 1.56 bits per heavy atom. The molecule has 5 aliphatic rings. The molecule has 0 aromatic rings. The average Bonchev–Trinajstić information content (AvgIpc) is 3.28. The zero-order valence-corrected chi connectivity index (χ0v) is 20.4. The maximum atomic E-state index is 9.58. The topological polar surface area (TPSA) is 81.1 Å². The van der Waals surface area contributed by atoms with Crippen LogP contribution in [-0.2, 0) is 4.74 Å². The molecule has 0 aromatic heterocycles. The fourth-order valence-corrected chi connectivity index (χ4v) is 8.20. The number of ether oxygens (including phenoxy) is 1. The van der Waals surface area contributed by atoms with E-state index in [0.29, 0.717) is 24.0 Å². The van der Waals surface area contributed by atoms with Crippen LogP contribution in [0, 0.1) is 52.3 Å². The molecular weight excluding hydrogens is 398 g/mol. The molecule has 6 nitrogen and oxygen atoms in total. The van der Waals surface area contributed by atoms with Gasteiger partial charge in [0, 0.05) is 38.3 Å². The van der Waals surface area contributed by atoms with Gasteiger partial charge in [-0.2, -0.15) is 5.26 Å². The van der Waals surface area contributed by atoms with E-state index in [1.54, 1.807) is 0 Å². The van der Waals surface area contributed by atoms with E-state index in [0.717, 1.165) is 49.1 Å². The molecule has 8 unspecified atom stereocenters. The van der Waals surface area contributed by atoms with Gasteiger partial charge in [0.1, 0.15) is 6.23 Å². The summed E-state index contributed by atoms with van der Waals surface area (Å²) in [6.45, 7) is 6.51. The molecule has 2 saturated carbocycles. The molecule has 3 heterocycles. The third kappa shape index (κ3) is 4.36. The molecule has 32 heavy (non-hydrogen) atoms. The highest BCUT2D eigenvalue weighted by Crippen LogP contribution is 2.48. The molecule has 0 spiro atoms. The molecule has 4 N–H and O–H groups in total. The van der Waals surface area contributed by atoms with Gasteiger partial charge in [0.15, 0.2) is 0 Å². The Kier molecular flexibility index (Phi) is 6.85. The first-order valence-corrected chi connectivity index (χ1v) is 13.4. The maximum Gasteiger partial charge on any atom is 0.107 e. The standard InChI is InChI=1S/C26H45N5O/c1-26(2,15-27)19-8-4-16(5-9-19)25-24-20-12-17(18-7-11-23(32-3)29-13-18)6-10-21(20)28-14-22(24)30-31-25/h16-25,28-31H,4-14H2,1-3H3. The van der Waals surface area contributed by atoms with Crippen LogP contribution in [0.5, 0.6) is 0 Å². The van der Waals surface area contributed by atoms with Gasteiger partial charge in [0.25, 0.3) is 0 Å². The number of nitriles is 1. The van der Waals surface area contributed by atoms with Gasteiger partial charge in [0.05, 0.1) is 11.5 Å². The van der Waals surface area contributed by atoms with E-state index >= 15 is 0 Å². The number of piperidine rings is 2. The van der Waals surface area contributed by atoms with Crippen molar-refractivity contribution in [1.29, 1.82) is 5.26 Å². The zero-order valence-electron chi connectivity index (χ0n) is 20.4. The van der Waals surface area contributed by atoms with Crippen molar-refractivity contribution in [2.75, 3.05) is 20.2 Å². The molecule has 8 atom stereocenters. The van der Waals surface area contributed by atoms with E-state index in [4.69, 9.17) is 4.74 Å². The molecule has 2 aliphatic carbocycles. The molecule has 0 amide bonds. The first-order chi connectivity index (χ1) is 15.5. The first kappa shape index (κ1) is 23.1. The van der Waals surface area contributed by atoms with Crippen LogP contribution in [0.3, 0.4) is 0 Å². The fourth-order valence-electron chi connectivity index (χ4n) is 8.20. The quantitative estimate of drug-likeness (QED) is 0.534. The summed E-state index contributed by atoms with van der Waals surface area (Å²) in [6, 6.07) is 4.44. The summed E-state index contributed by atoms with van der Waals surface area (Å²) in [7, 11) is 1.83. The lowest BCUT2D eigenvalue weighted by Gasteiger charge is -2.50. The summed E-state index contributed by atoms with van der Waals surface area (Å²) in [4.78, 5) is 0. The molecule has 3 saturated heterocycles. The molecule has 0 bridgehead atoms. The van der Waals surface area contributed by atoms with Crippen LogP contribution in [0.1, 0.15) is 71.6 Å². The molecule has 0 radical (unpaired) electrons. The van der Waals surface area contributed by atoms with Crippen molar-refractivity contribution in [3.05, 3.63) is 0 Å². The van der Waals surface area contributed by atoms with Crippen LogP contribution < -0.4 is 21.5 Å². The molecular formula is C26H45N5O. The highest BCUT2D eigenvalue weighted by atomic mass is 16.5. The van der Waals surface area contributed by atoms with Gasteiger partial charge >= 0.3 is 0 Å². The van der Waals surface area contributed by atoms with Crippen molar-refractivity contribution in [3.8, 4) is 6.07 Å². The lowest BCUT2D eigenvalue weighted by Crippen LogP contribution is -2.59. The fraction of sp³-hybridized carbons (Fsp3) is 0.962. The van der Waals surface area contributed by atoms with Gasteiger partial charge in [-0.25, -0.2) is 0 Å². The third-order valence-corrected chi connectivity index (χ3v) is 10.3. The summed E-state index contributed by atoms with van der Waals surface area (Å²) < 4.78 is 5.53. The second kappa shape index (κ2) is 9.50. The van der Waals surface area contributed by atoms with E-state index in [2.05, 4.69) is 41.4 Å². The van der Waals surface area contributed by atoms with Crippen molar-refractivity contribution < 1.29 is 4.74 Å². The summed E-state index contributed by atoms with van der Waals surface area (Å²) in [5.41, 5.74) is 7.32. The van der Waals surface area contributed by atoms with Gasteiger partial charge < -0.3 is 10.1 Å². The lowest BCUT2D eigenvalue weighted by molar-refractivity contribution is 0.00892. The summed E-state index contributed by atoms with van der Waals surface area (Å²) in [6.07, 6.45) is 11.8. The SMILES string of the molecule is COC1CCC(C2CCC3NCC4NNC(C5CCC(C(C)(C)C#N)CC5)C4C3C2)CN1. The second-order valence-electron chi connectivity index (χ2n) is 12.2. The number of methoxy groups -OCH3 is 1. The van der Waals surface area contributed by atoms with E-state index in [1.807, 2.05) is 7.11 Å². The molecule has 5 fully saturated rings. The van der Waals surface area contributed by atoms with Crippen LogP contribution in [0.2, 0.25) is 0 Å². The minimum atomic E-state index is -0.179. The van der Waals surface area contributed by atoms with Crippen molar-refractivity contribution in [2.45, 2.75) is 96.0 Å². The third-order valence-electron chi connectivity index (χ3n) is 10.3. The Hall–Kier alpha value is -0.710. The predicted octanol–water partition coefficient (Wildman–Crippen LogP) is 3.16. The van der Waals surface area contributed by atoms with Gasteiger partial charge in [-0.1, -0.05) is 0 Å². The molecule has 180 valence electrons. The van der Waals surface area contributed by atoms with Crippen LogP contribution in [0.25, 0.3) is 0 Å². The van der Waals surface area contributed by atoms with Crippen molar-refractivity contribution in [1.82, 2.24) is 21.5 Å². The van der Waals surface area contributed by atoms with Gasteiger partial charge in [-0.15, -0.1) is 0 Å². The summed E-state index contributed by atoms with van der Waals surface area (Å²) in [5, 5.41) is 17.1. The monoisotopic (exact) mass is 443 g/mol. The molecule has 6 heteroatoms. The van der Waals surface area contributed by atoms with E-state index in [9.17, 15) is 5.26 Å². The van der Waals surface area contributed by atoms with Crippen molar-refractivity contribution >= 4 is 0 Å². The Morgan fingerprint density at radius 1 is 0.812 bits per heavy atom. The minimum absolute atomic E-state index is 0.179. The number of rotatable bonds is 4. The number of hydrogen-bond acceptors (Lipinski definition) is 6. The normalized spacial score (nSPS) is 47.3. The Labute approximate surface area is 195 Å². The number of nitrogens with one attached hydrogen (secondary N) is 4. The van der Waals surface area contributed by atoms with Crippen LogP contribution in [-0.4, -0.2) is 44.6 Å². The lowest BCUT2D eigenvalue weighted by atomic mass is 9.60. The minimum Gasteiger partial charge on any atom is -0.367 e. The number of nitrogens with zero attached hydrogens (tertiary/aromatic N) is 1. The number of fused-ring (bicyclic) bond motifs is 3. The van der Waals surface area contributed by atoms with E-state index in [-0.39, 0.29) is 11.6 Å². The van der Waals surface area contributed by atoms with Crippen LogP contribution in [0.4, 0.5) is 0 Å². The maximum absolute atomic E-state index is 9.58. The highest BCUT2D eigenvalue weighted by Gasteiger charge is 2.52. The Morgan fingerprint density at radius 3 is 2.25 bits per heavy atom. The number of hydrazine groups is 1. The number of hydrogen-bond donors (Lipinski definition) is 4. The molecule has 0 aromatic carbocycles. The Bertz CT molecular complexity index is 676. The zero-order chi connectivity index (χ0) is 22.3. The van der Waals surface area contributed by atoms with E-state index < -0.39 is 0 Å². The van der Waals surface area contributed by atoms with Crippen LogP contribution in [0.15, 0.2) is 0 Å².